The van der Waals surface area contributed by atoms with Gasteiger partial charge in [0.1, 0.15) is 5.69 Å². The molecular weight excluding hydrogens is 284 g/mol. The maximum Gasteiger partial charge on any atom is 0.310 e. The highest BCUT2D eigenvalue weighted by atomic mass is 16.5. The van der Waals surface area contributed by atoms with Crippen LogP contribution in [0.15, 0.2) is 0 Å². The number of aromatic nitrogens is 1. The monoisotopic (exact) mass is 306 g/mol. The zero-order chi connectivity index (χ0) is 16.4. The van der Waals surface area contributed by atoms with E-state index in [1.165, 1.54) is 12.0 Å². The lowest BCUT2D eigenvalue weighted by molar-refractivity contribution is -0.145. The predicted molar refractivity (Wildman–Crippen MR) is 80.9 cm³/mol. The molecule has 0 unspecified atom stereocenters. The number of carbonyl (C=O) groups excluding carboxylic acids is 3. The van der Waals surface area contributed by atoms with Gasteiger partial charge in [-0.05, 0) is 25.3 Å². The Balaban J connectivity index is 2.20. The van der Waals surface area contributed by atoms with Crippen LogP contribution in [0.2, 0.25) is 0 Å². The van der Waals surface area contributed by atoms with Crippen molar-refractivity contribution in [2.75, 3.05) is 20.7 Å². The van der Waals surface area contributed by atoms with Crippen LogP contribution < -0.4 is 0 Å². The topological polar surface area (TPSA) is 79.5 Å². The fourth-order valence-electron chi connectivity index (χ4n) is 2.95. The van der Waals surface area contributed by atoms with Crippen LogP contribution >= 0.6 is 0 Å². The van der Waals surface area contributed by atoms with E-state index in [-0.39, 0.29) is 24.2 Å². The Hall–Kier alpha value is -2.11. The number of nitrogens with zero attached hydrogens (tertiary/aromatic N) is 1. The molecule has 1 aromatic heterocycles. The van der Waals surface area contributed by atoms with E-state index in [0.717, 1.165) is 18.5 Å². The zero-order valence-corrected chi connectivity index (χ0v) is 13.5. The van der Waals surface area contributed by atoms with Gasteiger partial charge in [-0.15, -0.1) is 0 Å². The molecule has 0 aromatic carbocycles. The van der Waals surface area contributed by atoms with E-state index in [2.05, 4.69) is 9.72 Å². The number of fused-ring (bicyclic) bond motifs is 1. The van der Waals surface area contributed by atoms with Crippen molar-refractivity contribution in [1.29, 1.82) is 0 Å². The van der Waals surface area contributed by atoms with Gasteiger partial charge in [0.15, 0.2) is 5.78 Å². The number of methoxy groups -OCH3 is 1. The van der Waals surface area contributed by atoms with E-state index in [4.69, 9.17) is 0 Å². The SMILES string of the molecule is COC(=O)[C@H](C)CN(C)C(=O)c1[nH]c2c(c1C)C(=O)CCC2. The highest BCUT2D eigenvalue weighted by Gasteiger charge is 2.28. The van der Waals surface area contributed by atoms with Crippen LogP contribution in [0.3, 0.4) is 0 Å². The van der Waals surface area contributed by atoms with E-state index in [1.807, 2.05) is 0 Å². The summed E-state index contributed by atoms with van der Waals surface area (Å²) in [7, 11) is 2.97. The van der Waals surface area contributed by atoms with E-state index in [1.54, 1.807) is 20.9 Å². The summed E-state index contributed by atoms with van der Waals surface area (Å²) in [5.74, 6) is -0.863. The summed E-state index contributed by atoms with van der Waals surface area (Å²) >= 11 is 0. The molecule has 0 saturated carbocycles. The first-order valence-corrected chi connectivity index (χ1v) is 7.44. The lowest BCUT2D eigenvalue weighted by atomic mass is 9.94. The Labute approximate surface area is 129 Å². The molecule has 0 saturated heterocycles. The number of rotatable bonds is 4. The van der Waals surface area contributed by atoms with Gasteiger partial charge < -0.3 is 14.6 Å². The lowest BCUT2D eigenvalue weighted by Gasteiger charge is -2.20. The molecule has 2 rings (SSSR count). The Kier molecular flexibility index (Phi) is 4.68. The van der Waals surface area contributed by atoms with Crippen LogP contribution in [0.5, 0.6) is 0 Å². The summed E-state index contributed by atoms with van der Waals surface area (Å²) in [5.41, 5.74) is 2.68. The van der Waals surface area contributed by atoms with Crippen LogP contribution in [-0.2, 0) is 16.0 Å². The molecule has 6 nitrogen and oxygen atoms in total. The molecule has 1 atom stereocenters. The zero-order valence-electron chi connectivity index (χ0n) is 13.5. The molecule has 0 aliphatic heterocycles. The molecule has 1 heterocycles. The standard InChI is InChI=1S/C16H22N2O4/c1-9(16(21)22-4)8-18(3)15(20)14-10(2)13-11(17-14)6-5-7-12(13)19/h9,17H,5-8H2,1-4H3/t9-/m1/s1. The summed E-state index contributed by atoms with van der Waals surface area (Å²) in [6, 6.07) is 0. The van der Waals surface area contributed by atoms with E-state index in [9.17, 15) is 14.4 Å². The number of carbonyl (C=O) groups is 3. The number of aryl methyl sites for hydroxylation is 1. The van der Waals surface area contributed by atoms with Gasteiger partial charge in [-0.1, -0.05) is 6.92 Å². The summed E-state index contributed by atoms with van der Waals surface area (Å²) in [4.78, 5) is 40.6. The van der Waals surface area contributed by atoms with Crippen LogP contribution in [0, 0.1) is 12.8 Å². The van der Waals surface area contributed by atoms with Gasteiger partial charge >= 0.3 is 5.97 Å². The number of H-pyrrole nitrogens is 1. The first-order chi connectivity index (χ1) is 10.4. The molecule has 0 radical (unpaired) electrons. The quantitative estimate of drug-likeness (QED) is 0.859. The normalized spacial score (nSPS) is 15.2. The third-order valence-corrected chi connectivity index (χ3v) is 4.15. The fraction of sp³-hybridized carbons (Fsp3) is 0.562. The van der Waals surface area contributed by atoms with Crippen LogP contribution in [0.4, 0.5) is 0 Å². The number of aromatic amines is 1. The van der Waals surface area contributed by atoms with Crippen molar-refractivity contribution in [3.05, 3.63) is 22.5 Å². The minimum atomic E-state index is -0.398. The van der Waals surface area contributed by atoms with Crippen molar-refractivity contribution in [1.82, 2.24) is 9.88 Å². The number of ketones is 1. The molecule has 1 aliphatic rings. The average molecular weight is 306 g/mol. The highest BCUT2D eigenvalue weighted by Crippen LogP contribution is 2.27. The van der Waals surface area contributed by atoms with Crippen molar-refractivity contribution < 1.29 is 19.1 Å². The van der Waals surface area contributed by atoms with Crippen molar-refractivity contribution in [3.63, 3.8) is 0 Å². The van der Waals surface area contributed by atoms with Crippen LogP contribution in [0.1, 0.15) is 51.9 Å². The molecular formula is C16H22N2O4. The van der Waals surface area contributed by atoms with Gasteiger partial charge in [0.25, 0.3) is 5.91 Å². The minimum Gasteiger partial charge on any atom is -0.469 e. The minimum absolute atomic E-state index is 0.0969. The second-order valence-electron chi connectivity index (χ2n) is 5.87. The van der Waals surface area contributed by atoms with Crippen molar-refractivity contribution >= 4 is 17.7 Å². The molecule has 0 fully saturated rings. The van der Waals surface area contributed by atoms with Crippen molar-refractivity contribution in [2.45, 2.75) is 33.1 Å². The third-order valence-electron chi connectivity index (χ3n) is 4.15. The second-order valence-corrected chi connectivity index (χ2v) is 5.87. The number of Topliss-reactive ketones (excluding diaryl/α,β-unsaturated/α-hetero) is 1. The maximum absolute atomic E-state index is 12.6. The molecule has 22 heavy (non-hydrogen) atoms. The van der Waals surface area contributed by atoms with Gasteiger partial charge in [0, 0.05) is 31.3 Å². The lowest BCUT2D eigenvalue weighted by Crippen LogP contribution is -2.34. The van der Waals surface area contributed by atoms with Gasteiger partial charge in [-0.25, -0.2) is 0 Å². The largest absolute Gasteiger partial charge is 0.469 e. The molecule has 0 spiro atoms. The van der Waals surface area contributed by atoms with Gasteiger partial charge in [0.2, 0.25) is 0 Å². The predicted octanol–water partition coefficient (Wildman–Crippen LogP) is 1.72. The molecule has 0 bridgehead atoms. The Bertz CT molecular complexity index is 618. The second kappa shape index (κ2) is 6.34. The first-order valence-electron chi connectivity index (χ1n) is 7.44. The number of hydrogen-bond donors (Lipinski definition) is 1. The van der Waals surface area contributed by atoms with Crippen LogP contribution in [0.25, 0.3) is 0 Å². The number of hydrogen-bond acceptors (Lipinski definition) is 4. The average Bonchev–Trinajstić information content (AvgIpc) is 2.83. The Morgan fingerprint density at radius 2 is 2.05 bits per heavy atom. The molecule has 120 valence electrons. The Morgan fingerprint density at radius 1 is 1.36 bits per heavy atom. The molecule has 1 N–H and O–H groups in total. The number of ether oxygens (including phenoxy) is 1. The molecule has 1 aliphatic carbocycles. The van der Waals surface area contributed by atoms with Gasteiger partial charge in [-0.3, -0.25) is 14.4 Å². The summed E-state index contributed by atoms with van der Waals surface area (Å²) in [6.07, 6.45) is 2.14. The van der Waals surface area contributed by atoms with Gasteiger partial charge in [0.05, 0.1) is 13.0 Å². The third kappa shape index (κ3) is 2.91. The smallest absolute Gasteiger partial charge is 0.310 e. The fourth-order valence-corrected chi connectivity index (χ4v) is 2.95. The summed E-state index contributed by atoms with van der Waals surface area (Å²) < 4.78 is 4.67. The summed E-state index contributed by atoms with van der Waals surface area (Å²) in [6.45, 7) is 3.78. The summed E-state index contributed by atoms with van der Waals surface area (Å²) in [5, 5.41) is 0. The first kappa shape index (κ1) is 16.3. The molecule has 1 aromatic rings. The number of esters is 1. The molecule has 1 amide bonds. The number of nitrogens with one attached hydrogen (secondary N) is 1. The van der Waals surface area contributed by atoms with Crippen molar-refractivity contribution in [3.8, 4) is 0 Å². The molecule has 6 heteroatoms. The Morgan fingerprint density at radius 3 is 2.64 bits per heavy atom. The maximum atomic E-state index is 12.6. The van der Waals surface area contributed by atoms with Gasteiger partial charge in [-0.2, -0.15) is 0 Å². The van der Waals surface area contributed by atoms with Crippen LogP contribution in [-0.4, -0.2) is 48.2 Å². The number of amides is 1. The van der Waals surface area contributed by atoms with E-state index < -0.39 is 5.92 Å². The van der Waals surface area contributed by atoms with Crippen molar-refractivity contribution in [2.24, 2.45) is 5.92 Å². The van der Waals surface area contributed by atoms with E-state index >= 15 is 0 Å². The van der Waals surface area contributed by atoms with E-state index in [0.29, 0.717) is 23.2 Å². The highest BCUT2D eigenvalue weighted by molar-refractivity contribution is 6.04.